The Hall–Kier alpha value is -4.40. The summed E-state index contributed by atoms with van der Waals surface area (Å²) < 4.78 is 39.9. The lowest BCUT2D eigenvalue weighted by molar-refractivity contribution is -0.118. The minimum atomic E-state index is -3.78. The van der Waals surface area contributed by atoms with Crippen molar-refractivity contribution in [2.24, 2.45) is 5.14 Å². The molecule has 42 heavy (non-hydrogen) atoms. The third-order valence-corrected chi connectivity index (χ3v) is 8.34. The van der Waals surface area contributed by atoms with E-state index in [0.29, 0.717) is 40.5 Å². The molecule has 12 nitrogen and oxygen atoms in total. The van der Waals surface area contributed by atoms with Gasteiger partial charge in [-0.25, -0.2) is 23.3 Å². The second-order valence-corrected chi connectivity index (χ2v) is 11.8. The fourth-order valence-corrected chi connectivity index (χ4v) is 5.63. The number of methoxy groups -OCH3 is 1. The molecule has 1 aliphatic heterocycles. The van der Waals surface area contributed by atoms with Gasteiger partial charge in [0.05, 0.1) is 40.8 Å². The minimum Gasteiger partial charge on any atom is -0.465 e. The predicted molar refractivity (Wildman–Crippen MR) is 154 cm³/mol. The SMILES string of the molecule is COC(=O)c1ccc2c(=O)n(Cc3ccc4c(c3)OCO4)c(SCC(=O)NCCc3ccc(S(N)(=O)=O)cc3)nc2c1. The highest BCUT2D eigenvalue weighted by molar-refractivity contribution is 7.99. The maximum atomic E-state index is 13.6. The van der Waals surface area contributed by atoms with Crippen LogP contribution in [0.2, 0.25) is 0 Å². The van der Waals surface area contributed by atoms with Gasteiger partial charge < -0.3 is 19.5 Å². The van der Waals surface area contributed by atoms with Crippen molar-refractivity contribution >= 4 is 44.6 Å². The molecule has 218 valence electrons. The number of hydrogen-bond acceptors (Lipinski definition) is 10. The first kappa shape index (κ1) is 29.1. The van der Waals surface area contributed by atoms with Gasteiger partial charge in [-0.15, -0.1) is 0 Å². The van der Waals surface area contributed by atoms with Crippen LogP contribution >= 0.6 is 11.8 Å². The highest BCUT2D eigenvalue weighted by atomic mass is 32.2. The van der Waals surface area contributed by atoms with Crippen LogP contribution in [-0.2, 0) is 32.5 Å². The van der Waals surface area contributed by atoms with E-state index in [2.05, 4.69) is 10.3 Å². The van der Waals surface area contributed by atoms with E-state index in [4.69, 9.17) is 19.3 Å². The number of hydrogen-bond donors (Lipinski definition) is 2. The van der Waals surface area contributed by atoms with Crippen LogP contribution in [0.15, 0.2) is 75.5 Å². The van der Waals surface area contributed by atoms with E-state index in [9.17, 15) is 22.8 Å². The van der Waals surface area contributed by atoms with Crippen molar-refractivity contribution in [1.82, 2.24) is 14.9 Å². The van der Waals surface area contributed by atoms with Crippen molar-refractivity contribution < 1.29 is 32.2 Å². The number of aromatic nitrogens is 2. The van der Waals surface area contributed by atoms with Gasteiger partial charge in [0.15, 0.2) is 16.7 Å². The first-order valence-electron chi connectivity index (χ1n) is 12.6. The number of benzene rings is 3. The lowest BCUT2D eigenvalue weighted by Gasteiger charge is -2.14. The minimum absolute atomic E-state index is 0.0140. The van der Waals surface area contributed by atoms with Gasteiger partial charge in [-0.2, -0.15) is 0 Å². The molecule has 0 saturated heterocycles. The van der Waals surface area contributed by atoms with Crippen molar-refractivity contribution in [2.75, 3.05) is 26.2 Å². The maximum absolute atomic E-state index is 13.6. The smallest absolute Gasteiger partial charge is 0.337 e. The topological polar surface area (TPSA) is 169 Å². The number of rotatable bonds is 10. The molecule has 0 fully saturated rings. The molecule has 0 atom stereocenters. The average molecular weight is 611 g/mol. The molecule has 0 aliphatic carbocycles. The summed E-state index contributed by atoms with van der Waals surface area (Å²) in [6.45, 7) is 0.595. The van der Waals surface area contributed by atoms with Crippen LogP contribution in [0.25, 0.3) is 10.9 Å². The van der Waals surface area contributed by atoms with Gasteiger partial charge in [0, 0.05) is 6.54 Å². The van der Waals surface area contributed by atoms with Crippen LogP contribution in [0.5, 0.6) is 11.5 Å². The lowest BCUT2D eigenvalue weighted by atomic mass is 10.1. The summed E-state index contributed by atoms with van der Waals surface area (Å²) in [6, 6.07) is 16.0. The maximum Gasteiger partial charge on any atom is 0.337 e. The second kappa shape index (κ2) is 12.2. The van der Waals surface area contributed by atoms with Crippen molar-refractivity contribution in [3.63, 3.8) is 0 Å². The molecule has 0 radical (unpaired) electrons. The van der Waals surface area contributed by atoms with Gasteiger partial charge in [0.25, 0.3) is 5.56 Å². The molecule has 4 aromatic rings. The van der Waals surface area contributed by atoms with Gasteiger partial charge in [-0.3, -0.25) is 14.2 Å². The third-order valence-electron chi connectivity index (χ3n) is 6.44. The number of primary sulfonamides is 1. The number of sulfonamides is 1. The quantitative estimate of drug-likeness (QED) is 0.154. The molecule has 1 amide bonds. The fraction of sp³-hybridized carbons (Fsp3) is 0.214. The van der Waals surface area contributed by atoms with Crippen LogP contribution in [0.4, 0.5) is 0 Å². The Labute approximate surface area is 244 Å². The standard InChI is InChI=1S/C28H26N4O8S2/c1-38-27(35)19-5-8-21-22(13-19)31-28(32(26(21)34)14-18-4-9-23-24(12-18)40-16-39-23)41-15-25(33)30-11-10-17-2-6-20(7-3-17)42(29,36)37/h2-9,12-13H,10-11,14-16H2,1H3,(H,30,33)(H2,29,36,37). The van der Waals surface area contributed by atoms with Crippen LogP contribution in [0, 0.1) is 0 Å². The van der Waals surface area contributed by atoms with E-state index in [-0.39, 0.29) is 41.0 Å². The van der Waals surface area contributed by atoms with Crippen LogP contribution < -0.4 is 25.5 Å². The molecular formula is C28H26N4O8S2. The molecular weight excluding hydrogens is 584 g/mol. The Morgan fingerprint density at radius 3 is 2.52 bits per heavy atom. The number of nitrogens with zero attached hydrogens (tertiary/aromatic N) is 2. The molecule has 0 saturated carbocycles. The van der Waals surface area contributed by atoms with Crippen molar-refractivity contribution in [1.29, 1.82) is 0 Å². The molecule has 14 heteroatoms. The van der Waals surface area contributed by atoms with Gasteiger partial charge in [0.2, 0.25) is 22.7 Å². The largest absolute Gasteiger partial charge is 0.465 e. The highest BCUT2D eigenvalue weighted by Crippen LogP contribution is 2.33. The van der Waals surface area contributed by atoms with E-state index >= 15 is 0 Å². The Morgan fingerprint density at radius 1 is 1.05 bits per heavy atom. The van der Waals surface area contributed by atoms with Gasteiger partial charge in [-0.05, 0) is 60.0 Å². The van der Waals surface area contributed by atoms with E-state index in [1.165, 1.54) is 42.0 Å². The van der Waals surface area contributed by atoms with Crippen LogP contribution in [0.1, 0.15) is 21.5 Å². The number of esters is 1. The third kappa shape index (κ3) is 6.56. The van der Waals surface area contributed by atoms with Gasteiger partial charge >= 0.3 is 5.97 Å². The number of nitrogens with two attached hydrogens (primary N) is 1. The molecule has 5 rings (SSSR count). The van der Waals surface area contributed by atoms with Gasteiger partial charge in [-0.1, -0.05) is 30.0 Å². The lowest BCUT2D eigenvalue weighted by Crippen LogP contribution is -2.28. The fourth-order valence-electron chi connectivity index (χ4n) is 4.29. The van der Waals surface area contributed by atoms with Crippen LogP contribution in [-0.4, -0.2) is 56.0 Å². The van der Waals surface area contributed by atoms with Crippen LogP contribution in [0.3, 0.4) is 0 Å². The first-order valence-corrected chi connectivity index (χ1v) is 15.2. The molecule has 0 bridgehead atoms. The molecule has 3 N–H and O–H groups in total. The highest BCUT2D eigenvalue weighted by Gasteiger charge is 2.18. The van der Waals surface area contributed by atoms with E-state index < -0.39 is 16.0 Å². The summed E-state index contributed by atoms with van der Waals surface area (Å²) in [7, 11) is -2.51. The zero-order valence-corrected chi connectivity index (χ0v) is 24.0. The van der Waals surface area contributed by atoms with Gasteiger partial charge in [0.1, 0.15) is 0 Å². The molecule has 0 spiro atoms. The van der Waals surface area contributed by atoms with Crippen molar-refractivity contribution in [3.8, 4) is 11.5 Å². The zero-order chi connectivity index (χ0) is 29.9. The number of carbonyl (C=O) groups is 2. The van der Waals surface area contributed by atoms with Crippen molar-refractivity contribution in [2.45, 2.75) is 23.0 Å². The predicted octanol–water partition coefficient (Wildman–Crippen LogP) is 2.06. The monoisotopic (exact) mass is 610 g/mol. The number of ether oxygens (including phenoxy) is 3. The molecule has 1 aromatic heterocycles. The summed E-state index contributed by atoms with van der Waals surface area (Å²) in [5.74, 6) is 0.319. The molecule has 3 aromatic carbocycles. The molecule has 1 aliphatic rings. The summed E-state index contributed by atoms with van der Waals surface area (Å²) in [5, 5.41) is 8.55. The van der Waals surface area contributed by atoms with E-state index in [1.807, 2.05) is 6.07 Å². The number of amides is 1. The second-order valence-electron chi connectivity index (χ2n) is 9.27. The Bertz CT molecular complexity index is 1840. The summed E-state index contributed by atoms with van der Waals surface area (Å²) in [4.78, 5) is 43.0. The number of thioether (sulfide) groups is 1. The zero-order valence-electron chi connectivity index (χ0n) is 22.4. The van der Waals surface area contributed by atoms with E-state index in [1.54, 1.807) is 24.3 Å². The Morgan fingerprint density at radius 2 is 1.79 bits per heavy atom. The number of nitrogens with one attached hydrogen (secondary N) is 1. The number of fused-ring (bicyclic) bond motifs is 2. The number of carbonyl (C=O) groups excluding carboxylic acids is 2. The Balaban J connectivity index is 1.33. The summed E-state index contributed by atoms with van der Waals surface area (Å²) in [5.41, 5.74) is 1.81. The molecule has 0 unspecified atom stereocenters. The summed E-state index contributed by atoms with van der Waals surface area (Å²) in [6.07, 6.45) is 0.473. The first-order chi connectivity index (χ1) is 20.1. The Kier molecular flexibility index (Phi) is 8.47. The van der Waals surface area contributed by atoms with E-state index in [0.717, 1.165) is 22.9 Å². The molecule has 2 heterocycles. The summed E-state index contributed by atoms with van der Waals surface area (Å²) >= 11 is 1.09. The average Bonchev–Trinajstić information content (AvgIpc) is 3.45. The van der Waals surface area contributed by atoms with Crippen molar-refractivity contribution in [3.05, 3.63) is 87.7 Å². The normalized spacial score (nSPS) is 12.3.